The van der Waals surface area contributed by atoms with Crippen LogP contribution in [0, 0.1) is 17.3 Å². The maximum Gasteiger partial charge on any atom is 0.224 e. The molecule has 5 heteroatoms. The van der Waals surface area contributed by atoms with E-state index in [0.29, 0.717) is 25.4 Å². The topological polar surface area (TPSA) is 52.7 Å². The molecule has 2 amide bonds. The van der Waals surface area contributed by atoms with Crippen molar-refractivity contribution >= 4 is 11.8 Å². The van der Waals surface area contributed by atoms with Gasteiger partial charge in [-0.3, -0.25) is 14.5 Å². The first-order chi connectivity index (χ1) is 12.4. The summed E-state index contributed by atoms with van der Waals surface area (Å²) in [6.07, 6.45) is 1.55. The van der Waals surface area contributed by atoms with Crippen molar-refractivity contribution in [1.29, 1.82) is 0 Å². The second kappa shape index (κ2) is 7.78. The predicted octanol–water partition coefficient (Wildman–Crippen LogP) is 2.13. The van der Waals surface area contributed by atoms with Crippen molar-refractivity contribution < 1.29 is 9.59 Å². The third-order valence-electron chi connectivity index (χ3n) is 5.83. The SMILES string of the molecule is CNC(=O)C1CN(Cc2ccccc2)CC12CN(C(=O)CCC(C)C)C2. The van der Waals surface area contributed by atoms with E-state index >= 15 is 0 Å². The molecule has 1 aromatic carbocycles. The fraction of sp³-hybridized carbons (Fsp3) is 0.619. The lowest BCUT2D eigenvalue weighted by molar-refractivity contribution is -0.149. The van der Waals surface area contributed by atoms with Crippen molar-refractivity contribution in [3.8, 4) is 0 Å². The smallest absolute Gasteiger partial charge is 0.224 e. The molecule has 0 aromatic heterocycles. The van der Waals surface area contributed by atoms with Crippen LogP contribution in [0.1, 0.15) is 32.3 Å². The number of carbonyl (C=O) groups is 2. The van der Waals surface area contributed by atoms with Gasteiger partial charge in [-0.2, -0.15) is 0 Å². The Morgan fingerprint density at radius 2 is 1.88 bits per heavy atom. The number of likely N-dealkylation sites (tertiary alicyclic amines) is 2. The molecule has 0 radical (unpaired) electrons. The van der Waals surface area contributed by atoms with Crippen molar-refractivity contribution in [2.45, 2.75) is 33.2 Å². The molecule has 142 valence electrons. The van der Waals surface area contributed by atoms with Gasteiger partial charge in [0.25, 0.3) is 0 Å². The first-order valence-corrected chi connectivity index (χ1v) is 9.69. The minimum Gasteiger partial charge on any atom is -0.359 e. The highest BCUT2D eigenvalue weighted by Crippen LogP contribution is 2.44. The third-order valence-corrected chi connectivity index (χ3v) is 5.83. The van der Waals surface area contributed by atoms with Crippen molar-refractivity contribution in [2.24, 2.45) is 17.3 Å². The van der Waals surface area contributed by atoms with Crippen LogP contribution in [0.2, 0.25) is 0 Å². The quantitative estimate of drug-likeness (QED) is 0.849. The Morgan fingerprint density at radius 1 is 1.19 bits per heavy atom. The van der Waals surface area contributed by atoms with Crippen LogP contribution >= 0.6 is 0 Å². The van der Waals surface area contributed by atoms with Crippen molar-refractivity contribution in [2.75, 3.05) is 33.2 Å². The summed E-state index contributed by atoms with van der Waals surface area (Å²) in [7, 11) is 1.71. The average Bonchev–Trinajstić information content (AvgIpc) is 2.98. The molecule has 0 bridgehead atoms. The number of benzene rings is 1. The van der Waals surface area contributed by atoms with Gasteiger partial charge in [0, 0.05) is 51.6 Å². The van der Waals surface area contributed by atoms with Gasteiger partial charge in [0.1, 0.15) is 0 Å². The van der Waals surface area contributed by atoms with Crippen LogP contribution in [-0.2, 0) is 16.1 Å². The molecule has 2 saturated heterocycles. The van der Waals surface area contributed by atoms with E-state index in [1.165, 1.54) is 5.56 Å². The molecule has 1 atom stereocenters. The molecule has 1 spiro atoms. The van der Waals surface area contributed by atoms with E-state index in [4.69, 9.17) is 0 Å². The first-order valence-electron chi connectivity index (χ1n) is 9.69. The number of rotatable bonds is 6. The molecule has 2 fully saturated rings. The van der Waals surface area contributed by atoms with Crippen LogP contribution in [0.5, 0.6) is 0 Å². The molecular weight excluding hydrogens is 326 g/mol. The van der Waals surface area contributed by atoms with Gasteiger partial charge >= 0.3 is 0 Å². The minimum absolute atomic E-state index is 0.0367. The van der Waals surface area contributed by atoms with E-state index in [2.05, 4.69) is 48.3 Å². The maximum absolute atomic E-state index is 12.5. The maximum atomic E-state index is 12.5. The Balaban J connectivity index is 1.63. The van der Waals surface area contributed by atoms with Gasteiger partial charge in [-0.25, -0.2) is 0 Å². The molecule has 2 aliphatic rings. The Bertz CT molecular complexity index is 638. The minimum atomic E-state index is -0.0810. The zero-order chi connectivity index (χ0) is 18.7. The van der Waals surface area contributed by atoms with E-state index < -0.39 is 0 Å². The van der Waals surface area contributed by atoms with Gasteiger partial charge in [0.2, 0.25) is 11.8 Å². The van der Waals surface area contributed by atoms with Gasteiger partial charge in [-0.1, -0.05) is 44.2 Å². The van der Waals surface area contributed by atoms with E-state index in [-0.39, 0.29) is 23.1 Å². The van der Waals surface area contributed by atoms with E-state index in [0.717, 1.165) is 26.1 Å². The van der Waals surface area contributed by atoms with Crippen LogP contribution in [0.15, 0.2) is 30.3 Å². The molecule has 0 saturated carbocycles. The summed E-state index contributed by atoms with van der Waals surface area (Å²) in [6, 6.07) is 10.4. The van der Waals surface area contributed by atoms with Crippen LogP contribution in [0.25, 0.3) is 0 Å². The molecule has 26 heavy (non-hydrogen) atoms. The summed E-state index contributed by atoms with van der Waals surface area (Å²) in [5.41, 5.74) is 1.19. The number of hydrogen-bond donors (Lipinski definition) is 1. The Labute approximate surface area is 156 Å². The van der Waals surface area contributed by atoms with Crippen molar-refractivity contribution in [3.05, 3.63) is 35.9 Å². The molecule has 2 aliphatic heterocycles. The van der Waals surface area contributed by atoms with Crippen LogP contribution < -0.4 is 5.32 Å². The first kappa shape index (κ1) is 18.9. The number of amides is 2. The van der Waals surface area contributed by atoms with E-state index in [9.17, 15) is 9.59 Å². The highest BCUT2D eigenvalue weighted by atomic mass is 16.2. The summed E-state index contributed by atoms with van der Waals surface area (Å²) in [6.45, 7) is 8.23. The van der Waals surface area contributed by atoms with Gasteiger partial charge in [0.05, 0.1) is 5.92 Å². The Kier molecular flexibility index (Phi) is 5.66. The fourth-order valence-corrected chi connectivity index (χ4v) is 4.35. The Morgan fingerprint density at radius 3 is 2.50 bits per heavy atom. The predicted molar refractivity (Wildman–Crippen MR) is 102 cm³/mol. The number of nitrogens with one attached hydrogen (secondary N) is 1. The van der Waals surface area contributed by atoms with Crippen LogP contribution in [-0.4, -0.2) is 54.8 Å². The molecule has 2 heterocycles. The zero-order valence-corrected chi connectivity index (χ0v) is 16.2. The Hall–Kier alpha value is -1.88. The van der Waals surface area contributed by atoms with E-state index in [1.54, 1.807) is 7.05 Å². The highest BCUT2D eigenvalue weighted by Gasteiger charge is 2.57. The monoisotopic (exact) mass is 357 g/mol. The summed E-state index contributed by atoms with van der Waals surface area (Å²) < 4.78 is 0. The molecule has 1 N–H and O–H groups in total. The molecule has 5 nitrogen and oxygen atoms in total. The molecule has 1 unspecified atom stereocenters. The second-order valence-electron chi connectivity index (χ2n) is 8.37. The molecular formula is C21H31N3O2. The fourth-order valence-electron chi connectivity index (χ4n) is 4.35. The third kappa shape index (κ3) is 3.93. The van der Waals surface area contributed by atoms with Crippen LogP contribution in [0.3, 0.4) is 0 Å². The number of carbonyl (C=O) groups excluding carboxylic acids is 2. The highest BCUT2D eigenvalue weighted by molar-refractivity contribution is 5.82. The lowest BCUT2D eigenvalue weighted by atomic mass is 9.71. The summed E-state index contributed by atoms with van der Waals surface area (Å²) in [5.74, 6) is 0.849. The summed E-state index contributed by atoms with van der Waals surface area (Å²) >= 11 is 0. The summed E-state index contributed by atoms with van der Waals surface area (Å²) in [5, 5.41) is 2.83. The molecule has 3 rings (SSSR count). The van der Waals surface area contributed by atoms with Gasteiger partial charge < -0.3 is 10.2 Å². The van der Waals surface area contributed by atoms with Gasteiger partial charge in [-0.15, -0.1) is 0 Å². The second-order valence-corrected chi connectivity index (χ2v) is 8.37. The summed E-state index contributed by atoms with van der Waals surface area (Å²) in [4.78, 5) is 29.2. The molecule has 0 aliphatic carbocycles. The van der Waals surface area contributed by atoms with E-state index in [1.807, 2.05) is 11.0 Å². The van der Waals surface area contributed by atoms with Gasteiger partial charge in [0.15, 0.2) is 0 Å². The van der Waals surface area contributed by atoms with Gasteiger partial charge in [-0.05, 0) is 17.9 Å². The standard InChI is InChI=1S/C21H31N3O2/c1-16(2)9-10-19(25)24-14-21(15-24)13-23(12-18(21)20(26)22-3)11-17-7-5-4-6-8-17/h4-8,16,18H,9-15H2,1-3H3,(H,22,26). The van der Waals surface area contributed by atoms with Crippen molar-refractivity contribution in [3.63, 3.8) is 0 Å². The lowest BCUT2D eigenvalue weighted by Gasteiger charge is -2.50. The number of nitrogens with zero attached hydrogens (tertiary/aromatic N) is 2. The largest absolute Gasteiger partial charge is 0.359 e. The zero-order valence-electron chi connectivity index (χ0n) is 16.2. The lowest BCUT2D eigenvalue weighted by Crippen LogP contribution is -2.63. The number of hydrogen-bond acceptors (Lipinski definition) is 3. The average molecular weight is 357 g/mol. The molecule has 1 aromatic rings. The van der Waals surface area contributed by atoms with Crippen LogP contribution in [0.4, 0.5) is 0 Å². The normalized spacial score (nSPS) is 21.8. The van der Waals surface area contributed by atoms with Crippen molar-refractivity contribution in [1.82, 2.24) is 15.1 Å².